The highest BCUT2D eigenvalue weighted by atomic mass is 16.5. The molecular weight excluding hydrogens is 202 g/mol. The fraction of sp³-hybridized carbons (Fsp3) is 0.750. The lowest BCUT2D eigenvalue weighted by Crippen LogP contribution is -2.12. The number of methoxy groups -OCH3 is 1. The lowest BCUT2D eigenvalue weighted by Gasteiger charge is -2.08. The normalized spacial score (nSPS) is 10.7. The van der Waals surface area contributed by atoms with Gasteiger partial charge in [0, 0.05) is 26.4 Å². The molecule has 0 aliphatic rings. The monoisotopic (exact) mass is 225 g/mol. The molecule has 0 radical (unpaired) electrons. The SMILES string of the molecule is CCCCCn1cc(C)nc1NCCOC. The second-order valence-electron chi connectivity index (χ2n) is 4.03. The quantitative estimate of drug-likeness (QED) is 0.691. The first-order valence-corrected chi connectivity index (χ1v) is 6.04. The van der Waals surface area contributed by atoms with Crippen molar-refractivity contribution in [3.8, 4) is 0 Å². The van der Waals surface area contributed by atoms with Crippen molar-refractivity contribution in [1.29, 1.82) is 0 Å². The zero-order valence-corrected chi connectivity index (χ0v) is 10.6. The van der Waals surface area contributed by atoms with E-state index in [1.165, 1.54) is 19.3 Å². The summed E-state index contributed by atoms with van der Waals surface area (Å²) in [6.45, 7) is 6.81. The summed E-state index contributed by atoms with van der Waals surface area (Å²) >= 11 is 0. The first kappa shape index (κ1) is 13.0. The number of nitrogens with zero attached hydrogens (tertiary/aromatic N) is 2. The number of rotatable bonds is 8. The minimum Gasteiger partial charge on any atom is -0.383 e. The zero-order valence-electron chi connectivity index (χ0n) is 10.6. The van der Waals surface area contributed by atoms with Gasteiger partial charge >= 0.3 is 0 Å². The summed E-state index contributed by atoms with van der Waals surface area (Å²) in [7, 11) is 1.71. The summed E-state index contributed by atoms with van der Waals surface area (Å²) < 4.78 is 7.20. The van der Waals surface area contributed by atoms with Crippen LogP contribution in [0.3, 0.4) is 0 Å². The molecule has 0 aromatic carbocycles. The molecule has 0 spiro atoms. The number of unbranched alkanes of at least 4 members (excludes halogenated alkanes) is 2. The van der Waals surface area contributed by atoms with Gasteiger partial charge in [0.15, 0.2) is 0 Å². The topological polar surface area (TPSA) is 39.1 Å². The average Bonchev–Trinajstić information content (AvgIpc) is 2.60. The highest BCUT2D eigenvalue weighted by Gasteiger charge is 2.03. The smallest absolute Gasteiger partial charge is 0.203 e. The molecule has 1 aromatic rings. The van der Waals surface area contributed by atoms with E-state index in [1.54, 1.807) is 7.11 Å². The molecule has 1 N–H and O–H groups in total. The van der Waals surface area contributed by atoms with Crippen LogP contribution in [0.1, 0.15) is 31.9 Å². The van der Waals surface area contributed by atoms with Crippen molar-refractivity contribution in [2.45, 2.75) is 39.7 Å². The number of hydrogen-bond acceptors (Lipinski definition) is 3. The molecule has 16 heavy (non-hydrogen) atoms. The lowest BCUT2D eigenvalue weighted by molar-refractivity contribution is 0.210. The third-order valence-corrected chi connectivity index (χ3v) is 2.49. The number of hydrogen-bond donors (Lipinski definition) is 1. The summed E-state index contributed by atoms with van der Waals surface area (Å²) in [6.07, 6.45) is 5.84. The number of nitrogens with one attached hydrogen (secondary N) is 1. The first-order valence-electron chi connectivity index (χ1n) is 6.04. The van der Waals surface area contributed by atoms with Crippen LogP contribution in [0.5, 0.6) is 0 Å². The van der Waals surface area contributed by atoms with Gasteiger partial charge in [0.25, 0.3) is 0 Å². The maximum atomic E-state index is 5.01. The predicted molar refractivity (Wildman–Crippen MR) is 66.9 cm³/mol. The fourth-order valence-corrected chi connectivity index (χ4v) is 1.66. The molecule has 1 aromatic heterocycles. The molecule has 0 atom stereocenters. The highest BCUT2D eigenvalue weighted by Crippen LogP contribution is 2.10. The summed E-state index contributed by atoms with van der Waals surface area (Å²) in [4.78, 5) is 4.46. The molecule has 0 bridgehead atoms. The van der Waals surface area contributed by atoms with Gasteiger partial charge in [0.05, 0.1) is 12.3 Å². The van der Waals surface area contributed by atoms with Gasteiger partial charge in [-0.05, 0) is 13.3 Å². The van der Waals surface area contributed by atoms with Crippen molar-refractivity contribution in [2.24, 2.45) is 0 Å². The first-order chi connectivity index (χ1) is 7.77. The standard InChI is InChI=1S/C12H23N3O/c1-4-5-6-8-15-10-11(2)14-12(15)13-7-9-16-3/h10H,4-9H2,1-3H3,(H,13,14). The van der Waals surface area contributed by atoms with Crippen LogP contribution in [0.25, 0.3) is 0 Å². The van der Waals surface area contributed by atoms with Crippen LogP contribution in [0.2, 0.25) is 0 Å². The lowest BCUT2D eigenvalue weighted by atomic mass is 10.2. The van der Waals surface area contributed by atoms with E-state index < -0.39 is 0 Å². The summed E-state index contributed by atoms with van der Waals surface area (Å²) in [5.41, 5.74) is 1.07. The molecule has 1 heterocycles. The van der Waals surface area contributed by atoms with Crippen LogP contribution in [0.4, 0.5) is 5.95 Å². The molecular formula is C12H23N3O. The highest BCUT2D eigenvalue weighted by molar-refractivity contribution is 5.28. The molecule has 0 fully saturated rings. The molecule has 0 unspecified atom stereocenters. The van der Waals surface area contributed by atoms with E-state index in [4.69, 9.17) is 4.74 Å². The fourth-order valence-electron chi connectivity index (χ4n) is 1.66. The number of imidazole rings is 1. The van der Waals surface area contributed by atoms with E-state index >= 15 is 0 Å². The van der Waals surface area contributed by atoms with E-state index in [0.717, 1.165) is 24.7 Å². The van der Waals surface area contributed by atoms with E-state index in [0.29, 0.717) is 6.61 Å². The van der Waals surface area contributed by atoms with Gasteiger partial charge in [0.2, 0.25) is 5.95 Å². The molecule has 4 heteroatoms. The van der Waals surface area contributed by atoms with Gasteiger partial charge in [-0.25, -0.2) is 4.98 Å². The third kappa shape index (κ3) is 4.23. The Bertz CT molecular complexity index is 269. The predicted octanol–water partition coefficient (Wildman–Crippen LogP) is 2.44. The van der Waals surface area contributed by atoms with E-state index in [1.807, 2.05) is 6.92 Å². The maximum Gasteiger partial charge on any atom is 0.203 e. The summed E-state index contributed by atoms with van der Waals surface area (Å²) in [5, 5.41) is 3.29. The van der Waals surface area contributed by atoms with Crippen molar-refractivity contribution in [3.63, 3.8) is 0 Å². The van der Waals surface area contributed by atoms with E-state index in [-0.39, 0.29) is 0 Å². The number of ether oxygens (including phenoxy) is 1. The third-order valence-electron chi connectivity index (χ3n) is 2.49. The van der Waals surface area contributed by atoms with Gasteiger partial charge in [0.1, 0.15) is 0 Å². The van der Waals surface area contributed by atoms with E-state index in [9.17, 15) is 0 Å². The molecule has 1 rings (SSSR count). The van der Waals surface area contributed by atoms with Crippen LogP contribution in [0, 0.1) is 6.92 Å². The summed E-state index contributed by atoms with van der Waals surface area (Å²) in [5.74, 6) is 0.964. The van der Waals surface area contributed by atoms with Crippen molar-refractivity contribution in [2.75, 3.05) is 25.6 Å². The Morgan fingerprint density at radius 3 is 2.94 bits per heavy atom. The molecule has 92 valence electrons. The molecule has 0 saturated heterocycles. The van der Waals surface area contributed by atoms with Gasteiger partial charge in [-0.2, -0.15) is 0 Å². The number of aromatic nitrogens is 2. The second kappa shape index (κ2) is 7.28. The number of aryl methyl sites for hydroxylation is 2. The molecule has 4 nitrogen and oxygen atoms in total. The Labute approximate surface area is 98.0 Å². The average molecular weight is 225 g/mol. The maximum absolute atomic E-state index is 5.01. The summed E-state index contributed by atoms with van der Waals surface area (Å²) in [6, 6.07) is 0. The van der Waals surface area contributed by atoms with Crippen LogP contribution >= 0.6 is 0 Å². The van der Waals surface area contributed by atoms with Crippen molar-refractivity contribution in [3.05, 3.63) is 11.9 Å². The van der Waals surface area contributed by atoms with Gasteiger partial charge in [-0.15, -0.1) is 0 Å². The van der Waals surface area contributed by atoms with Crippen LogP contribution in [-0.2, 0) is 11.3 Å². The van der Waals surface area contributed by atoms with Crippen LogP contribution < -0.4 is 5.32 Å². The van der Waals surface area contributed by atoms with Crippen LogP contribution in [-0.4, -0.2) is 29.8 Å². The minimum absolute atomic E-state index is 0.709. The molecule has 0 amide bonds. The Balaban J connectivity index is 2.46. The van der Waals surface area contributed by atoms with Gasteiger partial charge in [-0.1, -0.05) is 19.8 Å². The molecule has 0 saturated carbocycles. The zero-order chi connectivity index (χ0) is 11.8. The largest absolute Gasteiger partial charge is 0.383 e. The van der Waals surface area contributed by atoms with Crippen LogP contribution in [0.15, 0.2) is 6.20 Å². The minimum atomic E-state index is 0.709. The Kier molecular flexibility index (Phi) is 5.93. The van der Waals surface area contributed by atoms with Gasteiger partial charge < -0.3 is 14.6 Å². The molecule has 0 aliphatic heterocycles. The number of anilines is 1. The Morgan fingerprint density at radius 2 is 2.25 bits per heavy atom. The molecule has 0 aliphatic carbocycles. The Morgan fingerprint density at radius 1 is 1.44 bits per heavy atom. The van der Waals surface area contributed by atoms with Crippen molar-refractivity contribution in [1.82, 2.24) is 9.55 Å². The van der Waals surface area contributed by atoms with E-state index in [2.05, 4.69) is 28.0 Å². The van der Waals surface area contributed by atoms with Crippen molar-refractivity contribution < 1.29 is 4.74 Å². The van der Waals surface area contributed by atoms with Crippen molar-refractivity contribution >= 4 is 5.95 Å². The Hall–Kier alpha value is -1.03. The second-order valence-corrected chi connectivity index (χ2v) is 4.03. The van der Waals surface area contributed by atoms with Gasteiger partial charge in [-0.3, -0.25) is 0 Å².